The van der Waals surface area contributed by atoms with Crippen LogP contribution in [0.2, 0.25) is 5.02 Å². The first kappa shape index (κ1) is 26.3. The minimum Gasteiger partial charge on any atom is -0.495 e. The number of anilines is 1. The molecule has 1 saturated heterocycles. The number of methoxy groups -OCH3 is 1. The van der Waals surface area contributed by atoms with Gasteiger partial charge in [0.2, 0.25) is 5.91 Å². The third kappa shape index (κ3) is 6.40. The fraction of sp³-hybridized carbons (Fsp3) is 0.500. The van der Waals surface area contributed by atoms with E-state index >= 15 is 0 Å². The summed E-state index contributed by atoms with van der Waals surface area (Å²) >= 11 is 6.18. The van der Waals surface area contributed by atoms with E-state index in [0.29, 0.717) is 41.7 Å². The number of hydrogen-bond acceptors (Lipinski definition) is 5. The quantitative estimate of drug-likeness (QED) is 0.486. The summed E-state index contributed by atoms with van der Waals surface area (Å²) in [4.78, 5) is 13.9. The number of amides is 1. The number of aliphatic hydroxyl groups is 1. The Balaban J connectivity index is 1.55. The van der Waals surface area contributed by atoms with Crippen LogP contribution in [-0.4, -0.2) is 54.9 Å². The molecule has 1 atom stereocenters. The van der Waals surface area contributed by atoms with Gasteiger partial charge < -0.3 is 24.8 Å². The van der Waals surface area contributed by atoms with E-state index < -0.39 is 5.60 Å². The highest BCUT2D eigenvalue weighted by Crippen LogP contribution is 2.41. The van der Waals surface area contributed by atoms with Crippen molar-refractivity contribution in [3.8, 4) is 11.5 Å². The van der Waals surface area contributed by atoms with Crippen LogP contribution in [0.1, 0.15) is 39.2 Å². The van der Waals surface area contributed by atoms with E-state index in [9.17, 15) is 14.3 Å². The van der Waals surface area contributed by atoms with Crippen molar-refractivity contribution in [2.45, 2.75) is 45.6 Å². The summed E-state index contributed by atoms with van der Waals surface area (Å²) in [5.74, 6) is 0.496. The lowest BCUT2D eigenvalue weighted by molar-refractivity contribution is -0.118. The first-order chi connectivity index (χ1) is 16.0. The molecule has 2 N–H and O–H groups in total. The number of carbonyl (C=O) groups is 1. The maximum Gasteiger partial charge on any atom is 0.221 e. The summed E-state index contributed by atoms with van der Waals surface area (Å²) in [6.07, 6.45) is 1.91. The number of carbonyl (C=O) groups excluding carboxylic acids is 1. The van der Waals surface area contributed by atoms with Gasteiger partial charge in [-0.3, -0.25) is 4.79 Å². The normalized spacial score (nSPS) is 20.1. The zero-order valence-electron chi connectivity index (χ0n) is 20.3. The summed E-state index contributed by atoms with van der Waals surface area (Å²) in [7, 11) is 1.53. The third-order valence-electron chi connectivity index (χ3n) is 6.57. The smallest absolute Gasteiger partial charge is 0.221 e. The summed E-state index contributed by atoms with van der Waals surface area (Å²) in [6, 6.07) is 9.66. The lowest BCUT2D eigenvalue weighted by Gasteiger charge is -2.50. The van der Waals surface area contributed by atoms with Crippen molar-refractivity contribution < 1.29 is 23.8 Å². The van der Waals surface area contributed by atoms with E-state index in [-0.39, 0.29) is 17.1 Å². The van der Waals surface area contributed by atoms with Gasteiger partial charge in [0.25, 0.3) is 0 Å². The van der Waals surface area contributed by atoms with E-state index in [1.807, 2.05) is 0 Å². The molecule has 2 aromatic rings. The molecule has 186 valence electrons. The standard InChI is InChI=1S/C26H34ClFN2O4/c1-18(31)29-22-14-21(27)23(33-4)15-24(22)34-13-5-11-30-12-10-26(32,25(2,3)17-30)16-19-6-8-20(28)9-7-19/h6-9,14-15,32H,5,10-13,16-17H2,1-4H3,(H,29,31). The Bertz CT molecular complexity index is 999. The number of rotatable bonds is 9. The Morgan fingerprint density at radius 3 is 2.56 bits per heavy atom. The molecule has 1 aliphatic rings. The van der Waals surface area contributed by atoms with E-state index in [1.54, 1.807) is 24.3 Å². The number of ether oxygens (including phenoxy) is 2. The highest BCUT2D eigenvalue weighted by molar-refractivity contribution is 6.32. The van der Waals surface area contributed by atoms with Gasteiger partial charge in [0.1, 0.15) is 17.3 Å². The van der Waals surface area contributed by atoms with Gasteiger partial charge in [-0.15, -0.1) is 0 Å². The Morgan fingerprint density at radius 2 is 1.94 bits per heavy atom. The van der Waals surface area contributed by atoms with Gasteiger partial charge in [-0.1, -0.05) is 37.6 Å². The van der Waals surface area contributed by atoms with Gasteiger partial charge in [-0.25, -0.2) is 4.39 Å². The third-order valence-corrected chi connectivity index (χ3v) is 6.87. The number of hydrogen-bond donors (Lipinski definition) is 2. The molecule has 2 aromatic carbocycles. The zero-order valence-corrected chi connectivity index (χ0v) is 21.0. The van der Waals surface area contributed by atoms with Gasteiger partial charge >= 0.3 is 0 Å². The van der Waals surface area contributed by atoms with Crippen molar-refractivity contribution in [2.75, 3.05) is 38.7 Å². The number of benzene rings is 2. The minimum absolute atomic E-state index is 0.213. The largest absolute Gasteiger partial charge is 0.495 e. The number of nitrogens with zero attached hydrogens (tertiary/aromatic N) is 1. The predicted octanol–water partition coefficient (Wildman–Crippen LogP) is 4.92. The van der Waals surface area contributed by atoms with Gasteiger partial charge in [0, 0.05) is 44.5 Å². The van der Waals surface area contributed by atoms with Crippen molar-refractivity contribution in [3.63, 3.8) is 0 Å². The van der Waals surface area contributed by atoms with Crippen LogP contribution >= 0.6 is 11.6 Å². The molecule has 0 bridgehead atoms. The van der Waals surface area contributed by atoms with Crippen LogP contribution in [0.5, 0.6) is 11.5 Å². The highest BCUT2D eigenvalue weighted by Gasteiger charge is 2.47. The number of piperidine rings is 1. The number of nitrogens with one attached hydrogen (secondary N) is 1. The zero-order chi connectivity index (χ0) is 24.9. The lowest BCUT2D eigenvalue weighted by Crippen LogP contribution is -2.58. The number of likely N-dealkylation sites (tertiary alicyclic amines) is 1. The molecule has 1 amide bonds. The van der Waals surface area contributed by atoms with Crippen molar-refractivity contribution in [2.24, 2.45) is 5.41 Å². The molecule has 0 aliphatic carbocycles. The van der Waals surface area contributed by atoms with Crippen molar-refractivity contribution in [3.05, 3.63) is 52.8 Å². The molecule has 0 radical (unpaired) electrons. The fourth-order valence-electron chi connectivity index (χ4n) is 4.49. The Hall–Kier alpha value is -2.35. The maximum atomic E-state index is 13.2. The number of halogens is 2. The van der Waals surface area contributed by atoms with Crippen LogP contribution < -0.4 is 14.8 Å². The topological polar surface area (TPSA) is 71.0 Å². The summed E-state index contributed by atoms with van der Waals surface area (Å²) in [6.45, 7) is 8.38. The van der Waals surface area contributed by atoms with E-state index in [2.05, 4.69) is 24.1 Å². The van der Waals surface area contributed by atoms with Gasteiger partial charge in [-0.2, -0.15) is 0 Å². The molecule has 1 heterocycles. The molecule has 1 fully saturated rings. The van der Waals surface area contributed by atoms with Crippen molar-refractivity contribution in [1.82, 2.24) is 4.90 Å². The molecule has 3 rings (SSSR count). The van der Waals surface area contributed by atoms with Gasteiger partial charge in [0.05, 0.1) is 30.0 Å². The second-order valence-electron chi connectivity index (χ2n) is 9.61. The van der Waals surface area contributed by atoms with Crippen molar-refractivity contribution >= 4 is 23.2 Å². The Labute approximate surface area is 206 Å². The molecular weight excluding hydrogens is 459 g/mol. The minimum atomic E-state index is -0.856. The summed E-state index contributed by atoms with van der Waals surface area (Å²) in [5, 5.41) is 14.6. The second-order valence-corrected chi connectivity index (χ2v) is 10.0. The first-order valence-electron chi connectivity index (χ1n) is 11.5. The molecule has 0 saturated carbocycles. The van der Waals surface area contributed by atoms with Crippen LogP contribution in [0.3, 0.4) is 0 Å². The molecule has 0 spiro atoms. The van der Waals surface area contributed by atoms with Crippen LogP contribution in [0, 0.1) is 11.2 Å². The fourth-order valence-corrected chi connectivity index (χ4v) is 4.73. The summed E-state index contributed by atoms with van der Waals surface area (Å²) in [5.41, 5.74) is 0.253. The van der Waals surface area contributed by atoms with E-state index in [1.165, 1.54) is 26.2 Å². The summed E-state index contributed by atoms with van der Waals surface area (Å²) < 4.78 is 24.5. The van der Waals surface area contributed by atoms with Crippen LogP contribution in [0.4, 0.5) is 10.1 Å². The molecule has 0 aromatic heterocycles. The molecule has 6 nitrogen and oxygen atoms in total. The lowest BCUT2D eigenvalue weighted by atomic mass is 9.67. The maximum absolute atomic E-state index is 13.2. The Kier molecular flexibility index (Phi) is 8.44. The van der Waals surface area contributed by atoms with E-state index in [4.69, 9.17) is 21.1 Å². The molecule has 8 heteroatoms. The average Bonchev–Trinajstić information content (AvgIpc) is 2.76. The van der Waals surface area contributed by atoms with Gasteiger partial charge in [-0.05, 0) is 36.6 Å². The predicted molar refractivity (Wildman–Crippen MR) is 132 cm³/mol. The van der Waals surface area contributed by atoms with Crippen LogP contribution in [0.25, 0.3) is 0 Å². The Morgan fingerprint density at radius 1 is 1.24 bits per heavy atom. The van der Waals surface area contributed by atoms with E-state index in [0.717, 1.165) is 31.6 Å². The average molecular weight is 493 g/mol. The van der Waals surface area contributed by atoms with Gasteiger partial charge in [0.15, 0.2) is 0 Å². The molecule has 1 aliphatic heterocycles. The molecule has 34 heavy (non-hydrogen) atoms. The molecular formula is C26H34ClFN2O4. The first-order valence-corrected chi connectivity index (χ1v) is 11.9. The second kappa shape index (κ2) is 10.9. The van der Waals surface area contributed by atoms with Crippen LogP contribution in [-0.2, 0) is 11.2 Å². The monoisotopic (exact) mass is 492 g/mol. The molecule has 1 unspecified atom stereocenters. The van der Waals surface area contributed by atoms with Crippen LogP contribution in [0.15, 0.2) is 36.4 Å². The van der Waals surface area contributed by atoms with Crippen molar-refractivity contribution in [1.29, 1.82) is 0 Å². The highest BCUT2D eigenvalue weighted by atomic mass is 35.5. The SMILES string of the molecule is COc1cc(OCCCN2CCC(O)(Cc3ccc(F)cc3)C(C)(C)C2)c(NC(C)=O)cc1Cl.